The highest BCUT2D eigenvalue weighted by atomic mass is 16.3. The molecule has 70 valence electrons. The van der Waals surface area contributed by atoms with E-state index in [1.54, 1.807) is 11.6 Å². The van der Waals surface area contributed by atoms with Crippen molar-refractivity contribution in [2.24, 2.45) is 7.05 Å². The zero-order valence-electron chi connectivity index (χ0n) is 8.50. The van der Waals surface area contributed by atoms with Crippen molar-refractivity contribution < 1.29 is 5.11 Å². The van der Waals surface area contributed by atoms with E-state index in [2.05, 4.69) is 5.10 Å². The van der Waals surface area contributed by atoms with Crippen LogP contribution in [0.1, 0.15) is 38.1 Å². The molecule has 0 aliphatic carbocycles. The molecule has 0 aliphatic heterocycles. The van der Waals surface area contributed by atoms with Crippen molar-refractivity contribution in [1.29, 1.82) is 0 Å². The first-order chi connectivity index (χ1) is 5.61. The largest absolute Gasteiger partial charge is 0.389 e. The van der Waals surface area contributed by atoms with Gasteiger partial charge >= 0.3 is 0 Å². The van der Waals surface area contributed by atoms with Crippen molar-refractivity contribution in [3.63, 3.8) is 0 Å². The quantitative estimate of drug-likeness (QED) is 0.698. The molecule has 0 aromatic carbocycles. The minimum absolute atomic E-state index is 0.409. The molecule has 3 heteroatoms. The molecule has 1 atom stereocenters. The number of hydrogen-bond acceptors (Lipinski definition) is 2. The Morgan fingerprint density at radius 3 is 2.17 bits per heavy atom. The van der Waals surface area contributed by atoms with E-state index in [-0.39, 0.29) is 0 Å². The van der Waals surface area contributed by atoms with Crippen LogP contribution in [-0.2, 0) is 7.05 Å². The van der Waals surface area contributed by atoms with Crippen LogP contribution in [0.2, 0.25) is 0 Å². The summed E-state index contributed by atoms with van der Waals surface area (Å²) < 4.78 is 1.71. The van der Waals surface area contributed by atoms with Crippen molar-refractivity contribution in [2.45, 2.75) is 33.8 Å². The summed E-state index contributed by atoms with van der Waals surface area (Å²) >= 11 is 0. The Kier molecular flexibility index (Phi) is 4.59. The van der Waals surface area contributed by atoms with E-state index in [1.807, 2.05) is 34.0 Å². The molecule has 1 N–H and O–H groups in total. The van der Waals surface area contributed by atoms with Crippen LogP contribution >= 0.6 is 0 Å². The molecule has 1 aromatic rings. The van der Waals surface area contributed by atoms with Gasteiger partial charge in [0.15, 0.2) is 0 Å². The summed E-state index contributed by atoms with van der Waals surface area (Å²) in [4.78, 5) is 0. The van der Waals surface area contributed by atoms with Gasteiger partial charge in [-0.15, -0.1) is 0 Å². The third-order valence-electron chi connectivity index (χ3n) is 1.50. The summed E-state index contributed by atoms with van der Waals surface area (Å²) in [5, 5.41) is 13.3. The van der Waals surface area contributed by atoms with Crippen molar-refractivity contribution >= 4 is 0 Å². The molecule has 0 bridgehead atoms. The predicted molar refractivity (Wildman–Crippen MR) is 49.9 cm³/mol. The number of aliphatic hydroxyl groups excluding tert-OH is 1. The molecule has 12 heavy (non-hydrogen) atoms. The fourth-order valence-electron chi connectivity index (χ4n) is 1.03. The highest BCUT2D eigenvalue weighted by molar-refractivity contribution is 5.17. The molecule has 0 saturated carbocycles. The van der Waals surface area contributed by atoms with Crippen molar-refractivity contribution in [1.82, 2.24) is 9.78 Å². The third-order valence-corrected chi connectivity index (χ3v) is 1.50. The highest BCUT2D eigenvalue weighted by Crippen LogP contribution is 2.13. The normalized spacial score (nSPS) is 11.8. The molecule has 3 nitrogen and oxygen atoms in total. The van der Waals surface area contributed by atoms with Gasteiger partial charge in [-0.1, -0.05) is 13.8 Å². The topological polar surface area (TPSA) is 38.0 Å². The van der Waals surface area contributed by atoms with Crippen LogP contribution in [0, 0.1) is 6.92 Å². The highest BCUT2D eigenvalue weighted by Gasteiger charge is 2.06. The van der Waals surface area contributed by atoms with Crippen LogP contribution in [0.3, 0.4) is 0 Å². The molecular weight excluding hydrogens is 152 g/mol. The number of aryl methyl sites for hydroxylation is 2. The Labute approximate surface area is 74.0 Å². The maximum absolute atomic E-state index is 9.16. The molecule has 1 heterocycles. The van der Waals surface area contributed by atoms with E-state index < -0.39 is 6.10 Å². The van der Waals surface area contributed by atoms with E-state index in [9.17, 15) is 0 Å². The van der Waals surface area contributed by atoms with Gasteiger partial charge in [-0.3, -0.25) is 4.68 Å². The lowest BCUT2D eigenvalue weighted by atomic mass is 10.2. The van der Waals surface area contributed by atoms with Gasteiger partial charge in [0.1, 0.15) is 0 Å². The number of aromatic nitrogens is 2. The van der Waals surface area contributed by atoms with Gasteiger partial charge in [0, 0.05) is 18.8 Å². The summed E-state index contributed by atoms with van der Waals surface area (Å²) in [7, 11) is 1.85. The SMILES string of the molecule is CC.Cc1nn(C)cc1C(C)O. The van der Waals surface area contributed by atoms with Gasteiger partial charge in [-0.25, -0.2) is 0 Å². The number of aliphatic hydroxyl groups is 1. The van der Waals surface area contributed by atoms with E-state index in [0.717, 1.165) is 11.3 Å². The lowest BCUT2D eigenvalue weighted by Gasteiger charge is -1.98. The zero-order valence-corrected chi connectivity index (χ0v) is 8.50. The molecule has 0 spiro atoms. The molecule has 0 fully saturated rings. The smallest absolute Gasteiger partial charge is 0.0795 e. The van der Waals surface area contributed by atoms with E-state index in [4.69, 9.17) is 5.11 Å². The minimum Gasteiger partial charge on any atom is -0.389 e. The lowest BCUT2D eigenvalue weighted by Crippen LogP contribution is -1.90. The predicted octanol–water partition coefficient (Wildman–Crippen LogP) is 1.81. The second-order valence-electron chi connectivity index (χ2n) is 2.52. The van der Waals surface area contributed by atoms with Crippen LogP contribution in [0.15, 0.2) is 6.20 Å². The summed E-state index contributed by atoms with van der Waals surface area (Å²) in [6.07, 6.45) is 1.42. The molecule has 1 rings (SSSR count). The maximum Gasteiger partial charge on any atom is 0.0795 e. The minimum atomic E-state index is -0.409. The van der Waals surface area contributed by atoms with Gasteiger partial charge < -0.3 is 5.11 Å². The summed E-state index contributed by atoms with van der Waals surface area (Å²) in [5.74, 6) is 0. The Morgan fingerprint density at radius 2 is 2.00 bits per heavy atom. The Morgan fingerprint density at radius 1 is 1.50 bits per heavy atom. The average molecular weight is 170 g/mol. The first-order valence-corrected chi connectivity index (χ1v) is 4.29. The maximum atomic E-state index is 9.16. The summed E-state index contributed by atoms with van der Waals surface area (Å²) in [6.45, 7) is 7.63. The molecular formula is C9H18N2O. The van der Waals surface area contributed by atoms with Gasteiger partial charge in [-0.05, 0) is 13.8 Å². The fourth-order valence-corrected chi connectivity index (χ4v) is 1.03. The van der Waals surface area contributed by atoms with Crippen molar-refractivity contribution in [2.75, 3.05) is 0 Å². The lowest BCUT2D eigenvalue weighted by molar-refractivity contribution is 0.198. The molecule has 0 radical (unpaired) electrons. The van der Waals surface area contributed by atoms with E-state index in [0.29, 0.717) is 0 Å². The Bertz CT molecular complexity index is 228. The van der Waals surface area contributed by atoms with E-state index >= 15 is 0 Å². The van der Waals surface area contributed by atoms with Crippen LogP contribution in [0.5, 0.6) is 0 Å². The van der Waals surface area contributed by atoms with Crippen molar-refractivity contribution in [3.8, 4) is 0 Å². The van der Waals surface area contributed by atoms with Gasteiger partial charge in [0.2, 0.25) is 0 Å². The Hall–Kier alpha value is -0.830. The van der Waals surface area contributed by atoms with Gasteiger partial charge in [0.05, 0.1) is 11.8 Å². The molecule has 1 aromatic heterocycles. The van der Waals surface area contributed by atoms with Crippen molar-refractivity contribution in [3.05, 3.63) is 17.5 Å². The monoisotopic (exact) mass is 170 g/mol. The number of rotatable bonds is 1. The molecule has 0 aliphatic rings. The standard InChI is InChI=1S/C7H12N2O.C2H6/c1-5-7(6(2)10)4-9(3)8-5;1-2/h4,6,10H,1-3H3;1-2H3. The van der Waals surface area contributed by atoms with Crippen LogP contribution in [0.25, 0.3) is 0 Å². The average Bonchev–Trinajstić information content (AvgIpc) is 2.34. The van der Waals surface area contributed by atoms with E-state index in [1.165, 1.54) is 0 Å². The molecule has 0 amide bonds. The number of nitrogens with zero attached hydrogens (tertiary/aromatic N) is 2. The fraction of sp³-hybridized carbons (Fsp3) is 0.667. The van der Waals surface area contributed by atoms with Crippen LogP contribution < -0.4 is 0 Å². The summed E-state index contributed by atoms with van der Waals surface area (Å²) in [6, 6.07) is 0. The first kappa shape index (κ1) is 11.2. The number of hydrogen-bond donors (Lipinski definition) is 1. The second kappa shape index (κ2) is 4.93. The van der Waals surface area contributed by atoms with Crippen LogP contribution in [-0.4, -0.2) is 14.9 Å². The van der Waals surface area contributed by atoms with Gasteiger partial charge in [0.25, 0.3) is 0 Å². The first-order valence-electron chi connectivity index (χ1n) is 4.29. The van der Waals surface area contributed by atoms with Gasteiger partial charge in [-0.2, -0.15) is 5.10 Å². The zero-order chi connectivity index (χ0) is 9.72. The third kappa shape index (κ3) is 2.66. The second-order valence-corrected chi connectivity index (χ2v) is 2.52. The molecule has 1 unspecified atom stereocenters. The van der Waals surface area contributed by atoms with Crippen LogP contribution in [0.4, 0.5) is 0 Å². The summed E-state index contributed by atoms with van der Waals surface area (Å²) in [5.41, 5.74) is 1.81. The Balaban J connectivity index is 0.000000561. The molecule has 0 saturated heterocycles.